The number of hydrogen-bond acceptors (Lipinski definition) is 5. The first kappa shape index (κ1) is 20.0. The van der Waals surface area contributed by atoms with Crippen molar-refractivity contribution in [1.82, 2.24) is 4.90 Å². The van der Waals surface area contributed by atoms with Crippen molar-refractivity contribution in [3.8, 4) is 0 Å². The zero-order valence-electron chi connectivity index (χ0n) is 15.9. The van der Waals surface area contributed by atoms with Crippen molar-refractivity contribution in [1.29, 1.82) is 0 Å². The van der Waals surface area contributed by atoms with Crippen LogP contribution in [0.1, 0.15) is 45.7 Å². The molecule has 0 aliphatic carbocycles. The molecule has 0 spiro atoms. The van der Waals surface area contributed by atoms with E-state index in [9.17, 15) is 9.59 Å². The van der Waals surface area contributed by atoms with Crippen molar-refractivity contribution < 1.29 is 14.3 Å². The van der Waals surface area contributed by atoms with Crippen molar-refractivity contribution in [3.05, 3.63) is 46.1 Å². The molecule has 27 heavy (non-hydrogen) atoms. The fraction of sp³-hybridized carbons (Fsp3) is 0.450. The van der Waals surface area contributed by atoms with Gasteiger partial charge in [-0.2, -0.15) is 0 Å². The molecule has 2 atom stereocenters. The molecular weight excluding hydrogens is 384 g/mol. The summed E-state index contributed by atoms with van der Waals surface area (Å²) >= 11 is 7.64. The number of rotatable bonds is 5. The Morgan fingerprint density at radius 1 is 1.41 bits per heavy atom. The lowest BCUT2D eigenvalue weighted by Gasteiger charge is -2.33. The number of allylic oxidation sites excluding steroid dienone is 1. The van der Waals surface area contributed by atoms with Crippen molar-refractivity contribution in [2.75, 3.05) is 6.61 Å². The van der Waals surface area contributed by atoms with E-state index in [0.717, 1.165) is 5.56 Å². The number of amidine groups is 1. The molecule has 0 radical (unpaired) electrons. The average molecular weight is 407 g/mol. The maximum absolute atomic E-state index is 13.0. The summed E-state index contributed by atoms with van der Waals surface area (Å²) < 4.78 is 5.49. The summed E-state index contributed by atoms with van der Waals surface area (Å²) in [5, 5.41) is 0.995. The standard InChI is InChI=1S/C20H23ClN2O3S/c1-5-15-18(24)23-17(13-7-6-8-14(21)9-13)16(12(4)22-20(23)27-15)19(25)26-10-11(2)3/h6-9,11,15,17H,5,10H2,1-4H3. The monoisotopic (exact) mass is 406 g/mol. The van der Waals surface area contributed by atoms with E-state index in [0.29, 0.717) is 34.5 Å². The average Bonchev–Trinajstić information content (AvgIpc) is 2.93. The van der Waals surface area contributed by atoms with Gasteiger partial charge in [-0.25, -0.2) is 9.79 Å². The zero-order valence-corrected chi connectivity index (χ0v) is 17.4. The maximum atomic E-state index is 13.0. The van der Waals surface area contributed by atoms with Crippen LogP contribution in [0.5, 0.6) is 0 Å². The molecule has 5 nitrogen and oxygen atoms in total. The molecular formula is C20H23ClN2O3S. The highest BCUT2D eigenvalue weighted by molar-refractivity contribution is 8.15. The summed E-state index contributed by atoms with van der Waals surface area (Å²) in [7, 11) is 0. The van der Waals surface area contributed by atoms with E-state index in [1.54, 1.807) is 24.0 Å². The van der Waals surface area contributed by atoms with Crippen LogP contribution in [0.4, 0.5) is 0 Å². The number of nitrogens with zero attached hydrogens (tertiary/aromatic N) is 2. The smallest absolute Gasteiger partial charge is 0.338 e. The highest BCUT2D eigenvalue weighted by Gasteiger charge is 2.47. The Bertz CT molecular complexity index is 834. The van der Waals surface area contributed by atoms with Gasteiger partial charge < -0.3 is 4.74 Å². The summed E-state index contributed by atoms with van der Waals surface area (Å²) in [6.45, 7) is 8.03. The van der Waals surface area contributed by atoms with E-state index in [1.807, 2.05) is 32.9 Å². The van der Waals surface area contributed by atoms with Crippen LogP contribution in [0.3, 0.4) is 0 Å². The van der Waals surface area contributed by atoms with Crippen molar-refractivity contribution in [3.63, 3.8) is 0 Å². The van der Waals surface area contributed by atoms with Gasteiger partial charge in [0.05, 0.1) is 29.2 Å². The predicted molar refractivity (Wildman–Crippen MR) is 109 cm³/mol. The van der Waals surface area contributed by atoms with Crippen LogP contribution < -0.4 is 0 Å². The molecule has 2 aliphatic heterocycles. The van der Waals surface area contributed by atoms with E-state index >= 15 is 0 Å². The molecule has 0 bridgehead atoms. The first-order valence-electron chi connectivity index (χ1n) is 9.05. The van der Waals surface area contributed by atoms with Gasteiger partial charge in [-0.3, -0.25) is 9.69 Å². The van der Waals surface area contributed by atoms with Crippen LogP contribution >= 0.6 is 23.4 Å². The number of esters is 1. The van der Waals surface area contributed by atoms with Gasteiger partial charge in [0.25, 0.3) is 0 Å². The molecule has 2 heterocycles. The predicted octanol–water partition coefficient (Wildman–Crippen LogP) is 4.58. The molecule has 1 aromatic carbocycles. The first-order chi connectivity index (χ1) is 12.8. The van der Waals surface area contributed by atoms with Crippen LogP contribution in [0.15, 0.2) is 40.5 Å². The largest absolute Gasteiger partial charge is 0.462 e. The van der Waals surface area contributed by atoms with Crippen LogP contribution in [-0.4, -0.2) is 33.8 Å². The minimum atomic E-state index is -0.576. The second-order valence-electron chi connectivity index (χ2n) is 7.07. The third-order valence-corrected chi connectivity index (χ3v) is 6.01. The molecule has 1 aromatic rings. The quantitative estimate of drug-likeness (QED) is 0.671. The van der Waals surface area contributed by atoms with Crippen LogP contribution in [0.25, 0.3) is 0 Å². The molecule has 144 valence electrons. The Balaban J connectivity index is 2.08. The number of fused-ring (bicyclic) bond motifs is 1. The number of amides is 1. The van der Waals surface area contributed by atoms with Crippen LogP contribution in [0.2, 0.25) is 5.02 Å². The molecule has 1 saturated heterocycles. The summed E-state index contributed by atoms with van der Waals surface area (Å²) in [6.07, 6.45) is 0.702. The molecule has 2 aliphatic rings. The number of carbonyl (C=O) groups excluding carboxylic acids is 2. The third-order valence-electron chi connectivity index (χ3n) is 4.45. The lowest BCUT2D eigenvalue weighted by Crippen LogP contribution is -2.41. The second kappa shape index (κ2) is 8.07. The number of ether oxygens (including phenoxy) is 1. The molecule has 0 aromatic heterocycles. The highest BCUT2D eigenvalue weighted by atomic mass is 35.5. The molecule has 1 fully saturated rings. The third kappa shape index (κ3) is 3.92. The van der Waals surface area contributed by atoms with Gasteiger partial charge >= 0.3 is 5.97 Å². The molecule has 0 saturated carbocycles. The van der Waals surface area contributed by atoms with Gasteiger partial charge in [-0.15, -0.1) is 0 Å². The number of halogens is 1. The van der Waals surface area contributed by atoms with Crippen molar-refractivity contribution >= 4 is 40.4 Å². The number of hydrogen-bond donors (Lipinski definition) is 0. The van der Waals surface area contributed by atoms with Crippen molar-refractivity contribution in [2.45, 2.75) is 45.4 Å². The van der Waals surface area contributed by atoms with E-state index < -0.39 is 12.0 Å². The fourth-order valence-corrected chi connectivity index (χ4v) is 4.50. The Morgan fingerprint density at radius 2 is 2.15 bits per heavy atom. The molecule has 1 amide bonds. The summed E-state index contributed by atoms with van der Waals surface area (Å²) in [4.78, 5) is 32.1. The Morgan fingerprint density at radius 3 is 2.78 bits per heavy atom. The number of thioether (sulfide) groups is 1. The van der Waals surface area contributed by atoms with Gasteiger partial charge in [-0.1, -0.05) is 56.3 Å². The summed E-state index contributed by atoms with van der Waals surface area (Å²) in [5.41, 5.74) is 1.75. The first-order valence-corrected chi connectivity index (χ1v) is 10.3. The molecule has 2 unspecified atom stereocenters. The van der Waals surface area contributed by atoms with Gasteiger partial charge in [-0.05, 0) is 37.0 Å². The number of carbonyl (C=O) groups is 2. The molecule has 3 rings (SSSR count). The van der Waals surface area contributed by atoms with E-state index in [2.05, 4.69) is 4.99 Å². The summed E-state index contributed by atoms with van der Waals surface area (Å²) in [6, 6.07) is 6.67. The molecule has 7 heteroatoms. The highest BCUT2D eigenvalue weighted by Crippen LogP contribution is 2.44. The van der Waals surface area contributed by atoms with Gasteiger partial charge in [0.15, 0.2) is 5.17 Å². The van der Waals surface area contributed by atoms with E-state index in [1.165, 1.54) is 11.8 Å². The van der Waals surface area contributed by atoms with Gasteiger partial charge in [0.2, 0.25) is 5.91 Å². The van der Waals surface area contributed by atoms with Crippen LogP contribution in [-0.2, 0) is 14.3 Å². The zero-order chi connectivity index (χ0) is 19.7. The lowest BCUT2D eigenvalue weighted by atomic mass is 9.94. The minimum absolute atomic E-state index is 0.0344. The Hall–Kier alpha value is -1.79. The van der Waals surface area contributed by atoms with Gasteiger partial charge in [0.1, 0.15) is 0 Å². The van der Waals surface area contributed by atoms with E-state index in [-0.39, 0.29) is 17.1 Å². The lowest BCUT2D eigenvalue weighted by molar-refractivity contribution is -0.141. The van der Waals surface area contributed by atoms with E-state index in [4.69, 9.17) is 16.3 Å². The normalized spacial score (nSPS) is 22.2. The SMILES string of the molecule is CCC1SC2=NC(C)=C(C(=O)OCC(C)C)C(c3cccc(Cl)c3)N2C1=O. The number of benzene rings is 1. The Kier molecular flexibility index (Phi) is 5.96. The molecule has 0 N–H and O–H groups in total. The fourth-order valence-electron chi connectivity index (χ4n) is 3.16. The van der Waals surface area contributed by atoms with Gasteiger partial charge in [0, 0.05) is 5.02 Å². The minimum Gasteiger partial charge on any atom is -0.462 e. The number of aliphatic imine (C=N–C) groups is 1. The Labute approximate surface area is 168 Å². The second-order valence-corrected chi connectivity index (χ2v) is 8.67. The maximum Gasteiger partial charge on any atom is 0.338 e. The van der Waals surface area contributed by atoms with Crippen LogP contribution in [0, 0.1) is 5.92 Å². The topological polar surface area (TPSA) is 59.0 Å². The summed E-state index contributed by atoms with van der Waals surface area (Å²) in [5.74, 6) is -0.254. The van der Waals surface area contributed by atoms with Crippen molar-refractivity contribution in [2.24, 2.45) is 10.9 Å².